The van der Waals surface area contributed by atoms with E-state index in [2.05, 4.69) is 5.32 Å². The van der Waals surface area contributed by atoms with Crippen LogP contribution in [-0.2, 0) is 23.7 Å². The van der Waals surface area contributed by atoms with Crippen molar-refractivity contribution in [3.63, 3.8) is 0 Å². The van der Waals surface area contributed by atoms with Crippen LogP contribution in [0.5, 0.6) is 5.75 Å². The largest absolute Gasteiger partial charge is 0.495 e. The quantitative estimate of drug-likeness (QED) is 0.525. The maximum absolute atomic E-state index is 13.1. The van der Waals surface area contributed by atoms with E-state index in [9.17, 15) is 19.2 Å². The number of methoxy groups -OCH3 is 1. The molecule has 0 unspecified atom stereocenters. The SMILES string of the molecule is COc1ccccc1N1C(=O)NC(=O)/C(=C\c2ccc3c(c2)n(C)c(=O)n3C)C1=O. The van der Waals surface area contributed by atoms with E-state index in [1.807, 2.05) is 0 Å². The first-order chi connectivity index (χ1) is 14.3. The van der Waals surface area contributed by atoms with Crippen molar-refractivity contribution in [2.24, 2.45) is 14.1 Å². The number of hydrogen-bond acceptors (Lipinski definition) is 5. The maximum atomic E-state index is 13.1. The fourth-order valence-electron chi connectivity index (χ4n) is 3.47. The number of barbiturate groups is 1. The minimum Gasteiger partial charge on any atom is -0.495 e. The van der Waals surface area contributed by atoms with E-state index in [1.165, 1.54) is 22.3 Å². The molecular weight excluding hydrogens is 388 g/mol. The molecule has 1 aliphatic rings. The third-order valence-electron chi connectivity index (χ3n) is 5.03. The summed E-state index contributed by atoms with van der Waals surface area (Å²) in [5.74, 6) is -1.25. The summed E-state index contributed by atoms with van der Waals surface area (Å²) in [6.07, 6.45) is 1.39. The molecule has 0 bridgehead atoms. The number of carbonyl (C=O) groups excluding carboxylic acids is 3. The normalized spacial score (nSPS) is 15.8. The summed E-state index contributed by atoms with van der Waals surface area (Å²) in [7, 11) is 4.73. The zero-order valence-electron chi connectivity index (χ0n) is 16.5. The Morgan fingerprint density at radius 1 is 0.933 bits per heavy atom. The zero-order chi connectivity index (χ0) is 21.6. The highest BCUT2D eigenvalue weighted by atomic mass is 16.5. The molecule has 0 radical (unpaired) electrons. The number of anilines is 1. The Morgan fingerprint density at radius 2 is 1.63 bits per heavy atom. The molecule has 1 N–H and O–H groups in total. The maximum Gasteiger partial charge on any atom is 0.336 e. The number of hydrogen-bond donors (Lipinski definition) is 1. The van der Waals surface area contributed by atoms with Gasteiger partial charge in [0, 0.05) is 14.1 Å². The van der Waals surface area contributed by atoms with Crippen LogP contribution in [0.25, 0.3) is 17.1 Å². The minimum absolute atomic E-state index is 0.186. The molecule has 1 aliphatic heterocycles. The Labute approximate surface area is 170 Å². The number of urea groups is 1. The smallest absolute Gasteiger partial charge is 0.336 e. The second-order valence-corrected chi connectivity index (χ2v) is 6.78. The number of ether oxygens (including phenoxy) is 1. The highest BCUT2D eigenvalue weighted by molar-refractivity contribution is 6.39. The van der Waals surface area contributed by atoms with Crippen LogP contribution in [0.2, 0.25) is 0 Å². The van der Waals surface area contributed by atoms with E-state index in [-0.39, 0.29) is 17.0 Å². The van der Waals surface area contributed by atoms with Crippen molar-refractivity contribution in [1.82, 2.24) is 14.5 Å². The van der Waals surface area contributed by atoms with Crippen molar-refractivity contribution < 1.29 is 19.1 Å². The number of para-hydroxylation sites is 2. The third kappa shape index (κ3) is 2.87. The van der Waals surface area contributed by atoms with Crippen molar-refractivity contribution in [3.05, 3.63) is 64.1 Å². The summed E-state index contributed by atoms with van der Waals surface area (Å²) in [6.45, 7) is 0. The van der Waals surface area contributed by atoms with E-state index in [4.69, 9.17) is 4.74 Å². The Bertz CT molecular complexity index is 1310. The van der Waals surface area contributed by atoms with Gasteiger partial charge >= 0.3 is 11.7 Å². The standard InChI is InChI=1S/C21H18N4O5/c1-23-14-9-8-12(11-16(14)24(2)21(23)29)10-13-18(26)22-20(28)25(19(13)27)15-6-4-5-7-17(15)30-3/h4-11H,1-3H3,(H,22,26,28)/b13-10+. The van der Waals surface area contributed by atoms with Crippen molar-refractivity contribution in [3.8, 4) is 5.75 Å². The molecule has 2 aromatic carbocycles. The number of nitrogens with one attached hydrogen (secondary N) is 1. The lowest BCUT2D eigenvalue weighted by atomic mass is 10.1. The van der Waals surface area contributed by atoms with Gasteiger partial charge in [0.1, 0.15) is 11.3 Å². The van der Waals surface area contributed by atoms with E-state index in [0.717, 1.165) is 10.4 Å². The number of imidazole rings is 1. The number of carbonyl (C=O) groups is 3. The summed E-state index contributed by atoms with van der Waals surface area (Å²) in [5.41, 5.74) is 1.74. The highest BCUT2D eigenvalue weighted by Gasteiger charge is 2.38. The molecule has 30 heavy (non-hydrogen) atoms. The lowest BCUT2D eigenvalue weighted by Crippen LogP contribution is -2.54. The van der Waals surface area contributed by atoms with E-state index < -0.39 is 17.8 Å². The highest BCUT2D eigenvalue weighted by Crippen LogP contribution is 2.30. The van der Waals surface area contributed by atoms with Crippen LogP contribution in [0.1, 0.15) is 5.56 Å². The van der Waals surface area contributed by atoms with Gasteiger partial charge in [-0.1, -0.05) is 18.2 Å². The van der Waals surface area contributed by atoms with Gasteiger partial charge in [0.15, 0.2) is 0 Å². The molecule has 1 fully saturated rings. The number of aryl methyl sites for hydroxylation is 2. The van der Waals surface area contributed by atoms with Gasteiger partial charge in [-0.15, -0.1) is 0 Å². The van der Waals surface area contributed by atoms with Gasteiger partial charge < -0.3 is 4.74 Å². The Balaban J connectivity index is 1.81. The number of imide groups is 2. The van der Waals surface area contributed by atoms with Gasteiger partial charge in [-0.2, -0.15) is 0 Å². The van der Waals surface area contributed by atoms with E-state index >= 15 is 0 Å². The monoisotopic (exact) mass is 406 g/mol. The topological polar surface area (TPSA) is 103 Å². The number of rotatable bonds is 3. The molecule has 1 saturated heterocycles. The van der Waals surface area contributed by atoms with Crippen molar-refractivity contribution in [2.45, 2.75) is 0 Å². The first-order valence-corrected chi connectivity index (χ1v) is 9.03. The summed E-state index contributed by atoms with van der Waals surface area (Å²) >= 11 is 0. The van der Waals surface area contributed by atoms with Crippen molar-refractivity contribution in [2.75, 3.05) is 12.0 Å². The van der Waals surface area contributed by atoms with Gasteiger partial charge in [-0.05, 0) is 35.9 Å². The molecule has 4 rings (SSSR count). The van der Waals surface area contributed by atoms with Gasteiger partial charge in [-0.25, -0.2) is 14.5 Å². The van der Waals surface area contributed by atoms with E-state index in [0.29, 0.717) is 16.8 Å². The fourth-order valence-corrected chi connectivity index (χ4v) is 3.47. The molecule has 0 saturated carbocycles. The number of fused-ring (bicyclic) bond motifs is 1. The third-order valence-corrected chi connectivity index (χ3v) is 5.03. The molecule has 3 aromatic rings. The van der Waals surface area contributed by atoms with Gasteiger partial charge in [0.25, 0.3) is 11.8 Å². The average Bonchev–Trinajstić information content (AvgIpc) is 2.95. The number of amides is 4. The molecule has 1 aromatic heterocycles. The predicted molar refractivity (Wildman–Crippen MR) is 110 cm³/mol. The summed E-state index contributed by atoms with van der Waals surface area (Å²) in [5, 5.41) is 2.19. The molecule has 4 amide bonds. The summed E-state index contributed by atoms with van der Waals surface area (Å²) in [6, 6.07) is 10.8. The first-order valence-electron chi connectivity index (χ1n) is 9.03. The minimum atomic E-state index is -0.854. The molecule has 2 heterocycles. The first kappa shape index (κ1) is 19.2. The van der Waals surface area contributed by atoms with Crippen LogP contribution < -0.4 is 20.6 Å². The number of nitrogens with zero attached hydrogens (tertiary/aromatic N) is 3. The number of aromatic nitrogens is 2. The average molecular weight is 406 g/mol. The lowest BCUT2D eigenvalue weighted by Gasteiger charge is -2.27. The Morgan fingerprint density at radius 3 is 2.37 bits per heavy atom. The van der Waals surface area contributed by atoms with Gasteiger partial charge in [-0.3, -0.25) is 24.0 Å². The van der Waals surface area contributed by atoms with Crippen LogP contribution in [0.15, 0.2) is 52.8 Å². The van der Waals surface area contributed by atoms with Crippen LogP contribution in [0, 0.1) is 0 Å². The summed E-state index contributed by atoms with van der Waals surface area (Å²) in [4.78, 5) is 50.9. The van der Waals surface area contributed by atoms with Crippen LogP contribution >= 0.6 is 0 Å². The lowest BCUT2D eigenvalue weighted by molar-refractivity contribution is -0.122. The molecular formula is C21H18N4O5. The van der Waals surface area contributed by atoms with E-state index in [1.54, 1.807) is 56.6 Å². The summed E-state index contributed by atoms with van der Waals surface area (Å²) < 4.78 is 8.22. The molecule has 9 heteroatoms. The van der Waals surface area contributed by atoms with Crippen molar-refractivity contribution in [1.29, 1.82) is 0 Å². The Kier molecular flexibility index (Phi) is 4.50. The van der Waals surface area contributed by atoms with Crippen LogP contribution in [-0.4, -0.2) is 34.1 Å². The molecule has 0 aliphatic carbocycles. The molecule has 0 spiro atoms. The molecule has 0 atom stereocenters. The van der Waals surface area contributed by atoms with Crippen LogP contribution in [0.3, 0.4) is 0 Å². The van der Waals surface area contributed by atoms with Crippen LogP contribution in [0.4, 0.5) is 10.5 Å². The molecule has 9 nitrogen and oxygen atoms in total. The fraction of sp³-hybridized carbons (Fsp3) is 0.143. The second-order valence-electron chi connectivity index (χ2n) is 6.78. The van der Waals surface area contributed by atoms with Crippen molar-refractivity contribution >= 4 is 40.6 Å². The van der Waals surface area contributed by atoms with Gasteiger partial charge in [0.05, 0.1) is 23.8 Å². The number of benzene rings is 2. The Hall–Kier alpha value is -4.14. The second kappa shape index (κ2) is 7.03. The van der Waals surface area contributed by atoms with Gasteiger partial charge in [0.2, 0.25) is 0 Å². The molecule has 152 valence electrons. The zero-order valence-corrected chi connectivity index (χ0v) is 16.5. The predicted octanol–water partition coefficient (Wildman–Crippen LogP) is 1.55.